The standard InChI is InChI=1S/C20H14FNO5/c21-13-7-5-12(6-8-13)10-22-11-15(17(23)9-18(24)20(26)27)19(25)14-3-1-2-4-16(14)22/h1-8,11H,9-10H2,(H,26,27). The topological polar surface area (TPSA) is 93.4 Å². The SMILES string of the molecule is O=C(O)C(=O)CC(=O)c1cn(Cc2ccc(F)cc2)c2ccccc2c1=O. The molecular weight excluding hydrogens is 353 g/mol. The number of para-hydroxylation sites is 1. The van der Waals surface area contributed by atoms with Crippen LogP contribution in [0.5, 0.6) is 0 Å². The maximum absolute atomic E-state index is 13.1. The van der Waals surface area contributed by atoms with Crippen LogP contribution in [0.1, 0.15) is 22.3 Å². The van der Waals surface area contributed by atoms with Crippen molar-refractivity contribution in [1.29, 1.82) is 0 Å². The van der Waals surface area contributed by atoms with Gasteiger partial charge in [-0.15, -0.1) is 0 Å². The van der Waals surface area contributed by atoms with Crippen molar-refractivity contribution >= 4 is 28.4 Å². The quantitative estimate of drug-likeness (QED) is 0.410. The van der Waals surface area contributed by atoms with Gasteiger partial charge in [0.1, 0.15) is 5.82 Å². The second kappa shape index (κ2) is 7.33. The third kappa shape index (κ3) is 3.82. The van der Waals surface area contributed by atoms with E-state index in [1.807, 2.05) is 0 Å². The van der Waals surface area contributed by atoms with Crippen LogP contribution in [-0.4, -0.2) is 27.2 Å². The van der Waals surface area contributed by atoms with Crippen molar-refractivity contribution in [3.05, 3.63) is 81.9 Å². The molecule has 0 unspecified atom stereocenters. The molecule has 1 heterocycles. The van der Waals surface area contributed by atoms with Crippen LogP contribution < -0.4 is 5.43 Å². The fraction of sp³-hybridized carbons (Fsp3) is 0.100. The highest BCUT2D eigenvalue weighted by Gasteiger charge is 2.21. The number of Topliss-reactive ketones (excluding diaryl/α,β-unsaturated/α-hetero) is 2. The summed E-state index contributed by atoms with van der Waals surface area (Å²) in [4.78, 5) is 47.0. The second-order valence-corrected chi connectivity index (χ2v) is 5.97. The van der Waals surface area contributed by atoms with Gasteiger partial charge in [0.15, 0.2) is 11.2 Å². The van der Waals surface area contributed by atoms with Crippen molar-refractivity contribution in [3.8, 4) is 0 Å². The Morgan fingerprint density at radius 3 is 2.33 bits per heavy atom. The lowest BCUT2D eigenvalue weighted by Gasteiger charge is -2.13. The van der Waals surface area contributed by atoms with E-state index in [9.17, 15) is 23.6 Å². The van der Waals surface area contributed by atoms with Crippen molar-refractivity contribution in [2.45, 2.75) is 13.0 Å². The number of nitrogens with zero attached hydrogens (tertiary/aromatic N) is 1. The van der Waals surface area contributed by atoms with Crippen molar-refractivity contribution in [3.63, 3.8) is 0 Å². The molecule has 0 aliphatic carbocycles. The summed E-state index contributed by atoms with van der Waals surface area (Å²) >= 11 is 0. The molecule has 27 heavy (non-hydrogen) atoms. The summed E-state index contributed by atoms with van der Waals surface area (Å²) in [6.45, 7) is 0.258. The number of hydrogen-bond acceptors (Lipinski definition) is 4. The summed E-state index contributed by atoms with van der Waals surface area (Å²) in [6, 6.07) is 12.4. The van der Waals surface area contributed by atoms with E-state index in [-0.39, 0.29) is 23.3 Å². The minimum Gasteiger partial charge on any atom is -0.475 e. The van der Waals surface area contributed by atoms with E-state index >= 15 is 0 Å². The molecule has 2 aromatic carbocycles. The molecule has 3 rings (SSSR count). The molecule has 7 heteroatoms. The van der Waals surface area contributed by atoms with Gasteiger partial charge in [0.2, 0.25) is 5.78 Å². The predicted molar refractivity (Wildman–Crippen MR) is 95.3 cm³/mol. The number of carbonyl (C=O) groups excluding carboxylic acids is 2. The minimum absolute atomic E-state index is 0.258. The highest BCUT2D eigenvalue weighted by molar-refractivity contribution is 6.37. The number of carboxylic acids is 1. The van der Waals surface area contributed by atoms with Gasteiger partial charge in [-0.05, 0) is 29.8 Å². The molecular formula is C20H14FNO5. The Morgan fingerprint density at radius 2 is 1.67 bits per heavy atom. The summed E-state index contributed by atoms with van der Waals surface area (Å²) in [5.41, 5.74) is 0.479. The molecule has 0 aliphatic heterocycles. The Morgan fingerprint density at radius 1 is 1.00 bits per heavy atom. The van der Waals surface area contributed by atoms with Crippen molar-refractivity contribution in [2.75, 3.05) is 0 Å². The molecule has 0 bridgehead atoms. The number of halogens is 1. The first-order chi connectivity index (χ1) is 12.9. The number of carboxylic acid groups (broad SMARTS) is 1. The summed E-state index contributed by atoms with van der Waals surface area (Å²) < 4.78 is 14.8. The lowest BCUT2D eigenvalue weighted by molar-refractivity contribution is -0.148. The van der Waals surface area contributed by atoms with Gasteiger partial charge < -0.3 is 9.67 Å². The molecule has 0 saturated heterocycles. The molecule has 1 aromatic heterocycles. The molecule has 0 amide bonds. The summed E-state index contributed by atoms with van der Waals surface area (Å²) in [5.74, 6) is -4.24. The van der Waals surface area contributed by atoms with Gasteiger partial charge in [-0.2, -0.15) is 0 Å². The Bertz CT molecular complexity index is 1120. The molecule has 136 valence electrons. The van der Waals surface area contributed by atoms with Crippen LogP contribution in [-0.2, 0) is 16.1 Å². The lowest BCUT2D eigenvalue weighted by Crippen LogP contribution is -2.23. The average molecular weight is 367 g/mol. The fourth-order valence-electron chi connectivity index (χ4n) is 2.78. The largest absolute Gasteiger partial charge is 0.475 e. The zero-order chi connectivity index (χ0) is 19.6. The Kier molecular flexibility index (Phi) is 4.94. The first kappa shape index (κ1) is 18.2. The summed E-state index contributed by atoms with van der Waals surface area (Å²) in [7, 11) is 0. The van der Waals surface area contributed by atoms with Crippen molar-refractivity contribution in [2.24, 2.45) is 0 Å². The van der Waals surface area contributed by atoms with Gasteiger partial charge in [0, 0.05) is 18.1 Å². The van der Waals surface area contributed by atoms with Gasteiger partial charge in [-0.25, -0.2) is 9.18 Å². The number of benzene rings is 2. The van der Waals surface area contributed by atoms with Gasteiger partial charge in [-0.1, -0.05) is 24.3 Å². The van der Waals surface area contributed by atoms with Gasteiger partial charge in [-0.3, -0.25) is 14.4 Å². The fourth-order valence-corrected chi connectivity index (χ4v) is 2.78. The van der Waals surface area contributed by atoms with Gasteiger partial charge >= 0.3 is 5.97 Å². The summed E-state index contributed by atoms with van der Waals surface area (Å²) in [5, 5.41) is 8.95. The number of aliphatic carboxylic acids is 1. The smallest absolute Gasteiger partial charge is 0.372 e. The van der Waals surface area contributed by atoms with Crippen LogP contribution in [0.15, 0.2) is 59.5 Å². The van der Waals surface area contributed by atoms with Crippen molar-refractivity contribution < 1.29 is 23.9 Å². The number of fused-ring (bicyclic) bond motifs is 1. The third-order valence-electron chi connectivity index (χ3n) is 4.11. The molecule has 1 N–H and O–H groups in total. The van der Waals surface area contributed by atoms with Crippen LogP contribution in [0.3, 0.4) is 0 Å². The molecule has 0 saturated carbocycles. The van der Waals surface area contributed by atoms with E-state index in [1.165, 1.54) is 18.3 Å². The van der Waals surface area contributed by atoms with E-state index in [0.717, 1.165) is 5.56 Å². The maximum Gasteiger partial charge on any atom is 0.372 e. The Hall–Kier alpha value is -3.61. The molecule has 6 nitrogen and oxygen atoms in total. The highest BCUT2D eigenvalue weighted by atomic mass is 19.1. The van der Waals surface area contributed by atoms with E-state index in [4.69, 9.17) is 5.11 Å². The molecule has 0 spiro atoms. The van der Waals surface area contributed by atoms with Crippen LogP contribution in [0, 0.1) is 5.82 Å². The number of pyridine rings is 1. The minimum atomic E-state index is -1.73. The normalized spacial score (nSPS) is 10.7. The lowest BCUT2D eigenvalue weighted by atomic mass is 10.0. The number of carbonyl (C=O) groups is 3. The van der Waals surface area contributed by atoms with Gasteiger partial charge in [0.25, 0.3) is 0 Å². The number of rotatable bonds is 6. The van der Waals surface area contributed by atoms with E-state index in [2.05, 4.69) is 0 Å². The number of hydrogen-bond donors (Lipinski definition) is 1. The number of aromatic nitrogens is 1. The van der Waals surface area contributed by atoms with Crippen LogP contribution in [0.2, 0.25) is 0 Å². The molecule has 0 atom stereocenters. The number of ketones is 2. The Labute approximate surface area is 152 Å². The summed E-state index contributed by atoms with van der Waals surface area (Å²) in [6.07, 6.45) is 0.422. The third-order valence-corrected chi connectivity index (χ3v) is 4.11. The molecule has 0 fully saturated rings. The molecule has 3 aromatic rings. The molecule has 0 aliphatic rings. The van der Waals surface area contributed by atoms with E-state index in [0.29, 0.717) is 5.52 Å². The first-order valence-electron chi connectivity index (χ1n) is 8.03. The monoisotopic (exact) mass is 367 g/mol. The van der Waals surface area contributed by atoms with Crippen LogP contribution >= 0.6 is 0 Å². The van der Waals surface area contributed by atoms with Crippen LogP contribution in [0.4, 0.5) is 4.39 Å². The predicted octanol–water partition coefficient (Wildman–Crippen LogP) is 2.42. The molecule has 0 radical (unpaired) electrons. The zero-order valence-electron chi connectivity index (χ0n) is 14.0. The van der Waals surface area contributed by atoms with Crippen molar-refractivity contribution in [1.82, 2.24) is 4.57 Å². The van der Waals surface area contributed by atoms with E-state index in [1.54, 1.807) is 41.0 Å². The second-order valence-electron chi connectivity index (χ2n) is 5.97. The average Bonchev–Trinajstić information content (AvgIpc) is 2.65. The maximum atomic E-state index is 13.1. The zero-order valence-corrected chi connectivity index (χ0v) is 14.0. The first-order valence-corrected chi connectivity index (χ1v) is 8.03. The van der Waals surface area contributed by atoms with Crippen LogP contribution in [0.25, 0.3) is 10.9 Å². The van der Waals surface area contributed by atoms with Gasteiger partial charge in [0.05, 0.1) is 17.5 Å². The Balaban J connectivity index is 2.09. The highest BCUT2D eigenvalue weighted by Crippen LogP contribution is 2.15. The van der Waals surface area contributed by atoms with E-state index < -0.39 is 29.4 Å².